The molecule has 0 fully saturated rings. The van der Waals surface area contributed by atoms with Crippen LogP contribution in [0, 0.1) is 5.92 Å². The highest BCUT2D eigenvalue weighted by Crippen LogP contribution is 2.22. The predicted octanol–water partition coefficient (Wildman–Crippen LogP) is 1.39. The zero-order valence-electron chi connectivity index (χ0n) is 8.38. The van der Waals surface area contributed by atoms with Crippen LogP contribution in [-0.2, 0) is 0 Å². The largest absolute Gasteiger partial charge is 0.324 e. The molecule has 2 aromatic heterocycles. The third-order valence-electron chi connectivity index (χ3n) is 2.43. The summed E-state index contributed by atoms with van der Waals surface area (Å²) in [4.78, 5) is 4.07. The minimum atomic E-state index is 0.0247. The van der Waals surface area contributed by atoms with Gasteiger partial charge in [-0.05, 0) is 5.92 Å². The van der Waals surface area contributed by atoms with Crippen LogP contribution in [0.4, 0.5) is 0 Å². The van der Waals surface area contributed by atoms with Gasteiger partial charge in [0, 0.05) is 24.0 Å². The summed E-state index contributed by atoms with van der Waals surface area (Å²) < 4.78 is 1.80. The van der Waals surface area contributed by atoms with E-state index in [1.165, 1.54) is 0 Å². The third kappa shape index (κ3) is 1.37. The van der Waals surface area contributed by atoms with Crippen LogP contribution in [0.5, 0.6) is 0 Å². The van der Waals surface area contributed by atoms with E-state index in [0.29, 0.717) is 5.92 Å². The molecule has 0 saturated heterocycles. The van der Waals surface area contributed by atoms with E-state index in [-0.39, 0.29) is 6.04 Å². The molecule has 4 heteroatoms. The topological polar surface area (TPSA) is 56.2 Å². The number of rotatable bonds is 2. The Balaban J connectivity index is 2.53. The smallest absolute Gasteiger partial charge is 0.0892 e. The van der Waals surface area contributed by atoms with Crippen molar-refractivity contribution in [3.05, 3.63) is 30.4 Å². The van der Waals surface area contributed by atoms with Gasteiger partial charge in [-0.3, -0.25) is 4.98 Å². The molecule has 1 atom stereocenters. The van der Waals surface area contributed by atoms with Crippen LogP contribution >= 0.6 is 0 Å². The predicted molar refractivity (Wildman–Crippen MR) is 54.8 cm³/mol. The van der Waals surface area contributed by atoms with Gasteiger partial charge in [-0.2, -0.15) is 5.10 Å². The van der Waals surface area contributed by atoms with Crippen molar-refractivity contribution in [2.45, 2.75) is 19.9 Å². The van der Waals surface area contributed by atoms with Gasteiger partial charge in [0.1, 0.15) is 0 Å². The van der Waals surface area contributed by atoms with E-state index in [1.807, 2.05) is 12.4 Å². The molecule has 0 bridgehead atoms. The number of nitrogens with zero attached hydrogens (tertiary/aromatic N) is 3. The van der Waals surface area contributed by atoms with Crippen LogP contribution in [0.25, 0.3) is 5.52 Å². The van der Waals surface area contributed by atoms with Gasteiger partial charge >= 0.3 is 0 Å². The Bertz CT molecular complexity index is 432. The van der Waals surface area contributed by atoms with Crippen LogP contribution in [0.15, 0.2) is 24.8 Å². The molecule has 2 aromatic rings. The van der Waals surface area contributed by atoms with Gasteiger partial charge in [-0.25, -0.2) is 4.52 Å². The van der Waals surface area contributed by atoms with E-state index in [9.17, 15) is 0 Å². The van der Waals surface area contributed by atoms with Crippen LogP contribution in [0.2, 0.25) is 0 Å². The Kier molecular flexibility index (Phi) is 2.21. The van der Waals surface area contributed by atoms with Gasteiger partial charge in [-0.15, -0.1) is 0 Å². The standard InChI is InChI=1S/C10H14N4/c1-7(2)10(11)8-5-13-14-4-3-12-6-9(8)14/h3-7,10H,11H2,1-2H3. The molecule has 0 aliphatic heterocycles. The van der Waals surface area contributed by atoms with Crippen molar-refractivity contribution in [3.8, 4) is 0 Å². The maximum Gasteiger partial charge on any atom is 0.0892 e. The lowest BCUT2D eigenvalue weighted by Gasteiger charge is -2.13. The highest BCUT2D eigenvalue weighted by Gasteiger charge is 2.15. The average molecular weight is 190 g/mol. The van der Waals surface area contributed by atoms with E-state index in [2.05, 4.69) is 23.9 Å². The maximum atomic E-state index is 6.07. The average Bonchev–Trinajstić information content (AvgIpc) is 2.60. The molecule has 0 saturated carbocycles. The normalized spacial score (nSPS) is 13.7. The molecule has 0 spiro atoms. The van der Waals surface area contributed by atoms with Crippen molar-refractivity contribution in [2.24, 2.45) is 11.7 Å². The summed E-state index contributed by atoms with van der Waals surface area (Å²) in [5.74, 6) is 0.406. The summed E-state index contributed by atoms with van der Waals surface area (Å²) in [5.41, 5.74) is 8.12. The van der Waals surface area contributed by atoms with Crippen LogP contribution in [-0.4, -0.2) is 14.6 Å². The first-order valence-electron chi connectivity index (χ1n) is 4.73. The fourth-order valence-corrected chi connectivity index (χ4v) is 1.47. The van der Waals surface area contributed by atoms with Crippen molar-refractivity contribution in [1.29, 1.82) is 0 Å². The molecular formula is C10H14N4. The number of hydrogen-bond acceptors (Lipinski definition) is 3. The van der Waals surface area contributed by atoms with Crippen molar-refractivity contribution >= 4 is 5.52 Å². The Morgan fingerprint density at radius 3 is 2.86 bits per heavy atom. The Hall–Kier alpha value is -1.42. The molecule has 0 amide bonds. The zero-order chi connectivity index (χ0) is 10.1. The molecule has 0 aliphatic rings. The van der Waals surface area contributed by atoms with Crippen molar-refractivity contribution in [3.63, 3.8) is 0 Å². The molecule has 2 rings (SSSR count). The molecular weight excluding hydrogens is 176 g/mol. The van der Waals surface area contributed by atoms with E-state index in [1.54, 1.807) is 16.9 Å². The maximum absolute atomic E-state index is 6.07. The second kappa shape index (κ2) is 3.38. The second-order valence-corrected chi connectivity index (χ2v) is 3.78. The lowest BCUT2D eigenvalue weighted by atomic mass is 9.99. The third-order valence-corrected chi connectivity index (χ3v) is 2.43. The highest BCUT2D eigenvalue weighted by molar-refractivity contribution is 5.53. The van der Waals surface area contributed by atoms with Crippen LogP contribution < -0.4 is 5.73 Å². The minimum Gasteiger partial charge on any atom is -0.324 e. The minimum absolute atomic E-state index is 0.0247. The van der Waals surface area contributed by atoms with E-state index < -0.39 is 0 Å². The molecule has 0 aromatic carbocycles. The molecule has 2 N–H and O–H groups in total. The van der Waals surface area contributed by atoms with Crippen molar-refractivity contribution in [1.82, 2.24) is 14.6 Å². The Labute approximate surface area is 82.8 Å². The zero-order valence-corrected chi connectivity index (χ0v) is 8.38. The SMILES string of the molecule is CC(C)C(N)c1cnn2ccncc12. The van der Waals surface area contributed by atoms with Gasteiger partial charge in [0.25, 0.3) is 0 Å². The molecule has 4 nitrogen and oxygen atoms in total. The van der Waals surface area contributed by atoms with Gasteiger partial charge in [0.15, 0.2) is 0 Å². The number of aromatic nitrogens is 3. The molecule has 1 unspecified atom stereocenters. The lowest BCUT2D eigenvalue weighted by molar-refractivity contribution is 0.517. The van der Waals surface area contributed by atoms with Crippen LogP contribution in [0.3, 0.4) is 0 Å². The molecule has 2 heterocycles. The van der Waals surface area contributed by atoms with Crippen LogP contribution in [0.1, 0.15) is 25.5 Å². The fourth-order valence-electron chi connectivity index (χ4n) is 1.47. The summed E-state index contributed by atoms with van der Waals surface area (Å²) >= 11 is 0. The van der Waals surface area contributed by atoms with Gasteiger partial charge in [0.05, 0.1) is 17.9 Å². The summed E-state index contributed by atoms with van der Waals surface area (Å²) in [6, 6.07) is 0.0247. The molecule has 74 valence electrons. The van der Waals surface area contributed by atoms with Gasteiger partial charge in [0.2, 0.25) is 0 Å². The first-order valence-corrected chi connectivity index (χ1v) is 4.73. The quantitative estimate of drug-likeness (QED) is 0.778. The first kappa shape index (κ1) is 9.15. The summed E-state index contributed by atoms with van der Waals surface area (Å²) in [6.45, 7) is 4.20. The number of nitrogens with two attached hydrogens (primary N) is 1. The van der Waals surface area contributed by atoms with E-state index in [0.717, 1.165) is 11.1 Å². The van der Waals surface area contributed by atoms with Crippen molar-refractivity contribution < 1.29 is 0 Å². The summed E-state index contributed by atoms with van der Waals surface area (Å²) in [6.07, 6.45) is 7.16. The number of hydrogen-bond donors (Lipinski definition) is 1. The monoisotopic (exact) mass is 190 g/mol. The van der Waals surface area contributed by atoms with E-state index >= 15 is 0 Å². The number of fused-ring (bicyclic) bond motifs is 1. The van der Waals surface area contributed by atoms with E-state index in [4.69, 9.17) is 5.73 Å². The summed E-state index contributed by atoms with van der Waals surface area (Å²) in [5, 5.41) is 4.22. The second-order valence-electron chi connectivity index (χ2n) is 3.78. The lowest BCUT2D eigenvalue weighted by Crippen LogP contribution is -2.16. The van der Waals surface area contributed by atoms with Gasteiger partial charge in [-0.1, -0.05) is 13.8 Å². The highest BCUT2D eigenvalue weighted by atomic mass is 15.2. The van der Waals surface area contributed by atoms with Crippen molar-refractivity contribution in [2.75, 3.05) is 0 Å². The molecule has 0 aliphatic carbocycles. The Morgan fingerprint density at radius 2 is 2.14 bits per heavy atom. The molecule has 0 radical (unpaired) electrons. The summed E-state index contributed by atoms with van der Waals surface area (Å²) in [7, 11) is 0. The first-order chi connectivity index (χ1) is 6.70. The van der Waals surface area contributed by atoms with Gasteiger partial charge < -0.3 is 5.73 Å². The fraction of sp³-hybridized carbons (Fsp3) is 0.400. The Morgan fingerprint density at radius 1 is 1.36 bits per heavy atom. The molecule has 14 heavy (non-hydrogen) atoms.